The fourth-order valence-electron chi connectivity index (χ4n) is 3.37. The third-order valence-corrected chi connectivity index (χ3v) is 5.99. The van der Waals surface area contributed by atoms with Gasteiger partial charge in [-0.3, -0.25) is 14.1 Å². The topological polar surface area (TPSA) is 107 Å². The van der Waals surface area contributed by atoms with E-state index in [1.807, 2.05) is 18.2 Å². The van der Waals surface area contributed by atoms with Crippen LogP contribution in [0.3, 0.4) is 0 Å². The molecule has 0 aromatic heterocycles. The smallest absolute Gasteiger partial charge is 0.332 e. The van der Waals surface area contributed by atoms with Crippen molar-refractivity contribution in [1.29, 1.82) is 0 Å². The molecule has 0 heterocycles. The average Bonchev–Trinajstić information content (AvgIpc) is 2.77. The molecule has 4 aromatic rings. The van der Waals surface area contributed by atoms with Crippen molar-refractivity contribution in [2.75, 3.05) is 0 Å². The van der Waals surface area contributed by atoms with E-state index in [4.69, 9.17) is 9.47 Å². The lowest BCUT2D eigenvalue weighted by atomic mass is 10.1. The summed E-state index contributed by atoms with van der Waals surface area (Å²) in [4.78, 5) is 25.1. The number of rotatable bonds is 6. The van der Waals surface area contributed by atoms with Gasteiger partial charge in [0.15, 0.2) is 5.25 Å². The van der Waals surface area contributed by atoms with E-state index in [0.717, 1.165) is 10.8 Å². The first kappa shape index (κ1) is 21.5. The van der Waals surface area contributed by atoms with Crippen LogP contribution in [0.25, 0.3) is 21.5 Å². The first-order valence-electron chi connectivity index (χ1n) is 9.67. The van der Waals surface area contributed by atoms with Gasteiger partial charge in [-0.15, -0.1) is 0 Å². The molecule has 0 radical (unpaired) electrons. The van der Waals surface area contributed by atoms with Crippen LogP contribution in [-0.2, 0) is 19.7 Å². The van der Waals surface area contributed by atoms with Gasteiger partial charge in [0.1, 0.15) is 11.5 Å². The van der Waals surface area contributed by atoms with Gasteiger partial charge in [-0.05, 0) is 22.9 Å². The van der Waals surface area contributed by atoms with E-state index in [0.29, 0.717) is 10.8 Å². The summed E-state index contributed by atoms with van der Waals surface area (Å²) in [5.41, 5.74) is 0. The first-order valence-corrected chi connectivity index (χ1v) is 11.2. The zero-order chi connectivity index (χ0) is 22.7. The second-order valence-corrected chi connectivity index (χ2v) is 8.66. The van der Waals surface area contributed by atoms with Gasteiger partial charge in [-0.2, -0.15) is 8.42 Å². The molecule has 0 bridgehead atoms. The number of carbonyl (C=O) groups is 2. The lowest BCUT2D eigenvalue weighted by Gasteiger charge is -2.14. The number of hydrogen-bond acceptors (Lipinski definition) is 6. The van der Waals surface area contributed by atoms with Gasteiger partial charge in [0.25, 0.3) is 10.1 Å². The number of fused-ring (bicyclic) bond motifs is 2. The maximum atomic E-state index is 12.6. The van der Waals surface area contributed by atoms with Crippen LogP contribution < -0.4 is 9.47 Å². The Morgan fingerprint density at radius 1 is 0.719 bits per heavy atom. The highest BCUT2D eigenvalue weighted by Gasteiger charge is 2.36. The Balaban J connectivity index is 1.56. The molecule has 0 aliphatic carbocycles. The standard InChI is InChI=1S/C24H18O7S/c25-23(30-20-13-5-9-16-7-1-3-11-18(16)20)15-22(32(27,28)29)24(26)31-21-14-6-10-17-8-2-4-12-19(17)21/h1-14,22H,15H2,(H,27,28,29). The maximum Gasteiger partial charge on any atom is 0.332 e. The minimum absolute atomic E-state index is 0.115. The largest absolute Gasteiger partial charge is 0.426 e. The number of hydrogen-bond donors (Lipinski definition) is 1. The summed E-state index contributed by atoms with van der Waals surface area (Å²) >= 11 is 0. The van der Waals surface area contributed by atoms with Crippen LogP contribution >= 0.6 is 0 Å². The minimum Gasteiger partial charge on any atom is -0.426 e. The number of esters is 2. The van der Waals surface area contributed by atoms with E-state index in [9.17, 15) is 22.6 Å². The number of carbonyl (C=O) groups excluding carboxylic acids is 2. The van der Waals surface area contributed by atoms with E-state index >= 15 is 0 Å². The van der Waals surface area contributed by atoms with Gasteiger partial charge in [0.05, 0.1) is 6.42 Å². The number of ether oxygens (including phenoxy) is 2. The Labute approximate surface area is 183 Å². The molecule has 7 nitrogen and oxygen atoms in total. The van der Waals surface area contributed by atoms with Crippen molar-refractivity contribution < 1.29 is 32.0 Å². The maximum absolute atomic E-state index is 12.6. The third kappa shape index (κ3) is 4.61. The monoisotopic (exact) mass is 450 g/mol. The lowest BCUT2D eigenvalue weighted by Crippen LogP contribution is -2.36. The van der Waals surface area contributed by atoms with Crippen LogP contribution in [0.5, 0.6) is 11.5 Å². The van der Waals surface area contributed by atoms with Crippen LogP contribution in [0.4, 0.5) is 0 Å². The summed E-state index contributed by atoms with van der Waals surface area (Å²) in [7, 11) is -4.94. The Morgan fingerprint density at radius 3 is 1.72 bits per heavy atom. The van der Waals surface area contributed by atoms with Crippen molar-refractivity contribution in [2.24, 2.45) is 0 Å². The Morgan fingerprint density at radius 2 is 1.19 bits per heavy atom. The summed E-state index contributed by atoms with van der Waals surface area (Å²) < 4.78 is 43.9. The molecule has 0 aliphatic rings. The van der Waals surface area contributed by atoms with Gasteiger partial charge in [0, 0.05) is 10.8 Å². The van der Waals surface area contributed by atoms with Gasteiger partial charge in [0.2, 0.25) is 0 Å². The molecular formula is C24H18O7S. The Hall–Kier alpha value is -3.75. The lowest BCUT2D eigenvalue weighted by molar-refractivity contribution is -0.140. The Kier molecular flexibility index (Phi) is 5.89. The molecule has 0 saturated carbocycles. The molecule has 8 heteroatoms. The van der Waals surface area contributed by atoms with Crippen molar-refractivity contribution in [1.82, 2.24) is 0 Å². The molecule has 4 aromatic carbocycles. The summed E-state index contributed by atoms with van der Waals surface area (Å²) in [5, 5.41) is 0.681. The molecule has 0 saturated heterocycles. The first-order chi connectivity index (χ1) is 15.3. The molecule has 0 spiro atoms. The highest BCUT2D eigenvalue weighted by Crippen LogP contribution is 2.28. The van der Waals surface area contributed by atoms with E-state index in [1.165, 1.54) is 6.07 Å². The second kappa shape index (κ2) is 8.78. The zero-order valence-electron chi connectivity index (χ0n) is 16.7. The molecule has 1 atom stereocenters. The normalized spacial score (nSPS) is 12.4. The molecular weight excluding hydrogens is 432 g/mol. The highest BCUT2D eigenvalue weighted by molar-refractivity contribution is 7.87. The predicted molar refractivity (Wildman–Crippen MR) is 119 cm³/mol. The number of benzene rings is 4. The zero-order valence-corrected chi connectivity index (χ0v) is 17.5. The van der Waals surface area contributed by atoms with Crippen molar-refractivity contribution in [2.45, 2.75) is 11.7 Å². The quantitative estimate of drug-likeness (QED) is 0.267. The van der Waals surface area contributed by atoms with Crippen LogP contribution in [0.2, 0.25) is 0 Å². The molecule has 4 rings (SSSR count). The molecule has 0 amide bonds. The SMILES string of the molecule is O=C(CC(C(=O)Oc1cccc2ccccc12)S(=O)(=O)O)Oc1cccc2ccccc12. The summed E-state index contributed by atoms with van der Waals surface area (Å²) in [5.74, 6) is -1.95. The highest BCUT2D eigenvalue weighted by atomic mass is 32.2. The minimum atomic E-state index is -4.94. The van der Waals surface area contributed by atoms with Crippen LogP contribution in [0.1, 0.15) is 6.42 Å². The van der Waals surface area contributed by atoms with Crippen LogP contribution in [0.15, 0.2) is 84.9 Å². The fourth-order valence-corrected chi connectivity index (χ4v) is 4.01. The fraction of sp³-hybridized carbons (Fsp3) is 0.0833. The van der Waals surface area contributed by atoms with E-state index in [2.05, 4.69) is 0 Å². The third-order valence-electron chi connectivity index (χ3n) is 4.91. The van der Waals surface area contributed by atoms with Crippen molar-refractivity contribution >= 4 is 43.6 Å². The summed E-state index contributed by atoms with van der Waals surface area (Å²) in [6, 6.07) is 24.2. The Bertz CT molecular complexity index is 1420. The summed E-state index contributed by atoms with van der Waals surface area (Å²) in [6.07, 6.45) is -0.911. The van der Waals surface area contributed by atoms with Crippen LogP contribution in [0, 0.1) is 0 Å². The summed E-state index contributed by atoms with van der Waals surface area (Å²) in [6.45, 7) is 0. The second-order valence-electron chi connectivity index (χ2n) is 7.06. The molecule has 1 N–H and O–H groups in total. The van der Waals surface area contributed by atoms with Gasteiger partial charge in [-0.1, -0.05) is 72.8 Å². The van der Waals surface area contributed by atoms with Crippen molar-refractivity contribution in [3.05, 3.63) is 84.9 Å². The van der Waals surface area contributed by atoms with Crippen molar-refractivity contribution in [3.8, 4) is 11.5 Å². The van der Waals surface area contributed by atoms with Gasteiger partial charge >= 0.3 is 11.9 Å². The molecule has 162 valence electrons. The molecule has 1 unspecified atom stereocenters. The molecule has 0 fully saturated rings. The van der Waals surface area contributed by atoms with E-state index in [-0.39, 0.29) is 11.5 Å². The molecule has 0 aliphatic heterocycles. The van der Waals surface area contributed by atoms with Gasteiger partial charge in [-0.25, -0.2) is 0 Å². The van der Waals surface area contributed by atoms with Crippen LogP contribution in [-0.4, -0.2) is 30.2 Å². The van der Waals surface area contributed by atoms with E-state index < -0.39 is 33.7 Å². The van der Waals surface area contributed by atoms with Crippen molar-refractivity contribution in [3.63, 3.8) is 0 Å². The van der Waals surface area contributed by atoms with Gasteiger partial charge < -0.3 is 9.47 Å². The molecule has 32 heavy (non-hydrogen) atoms. The van der Waals surface area contributed by atoms with E-state index in [1.54, 1.807) is 60.7 Å². The average molecular weight is 450 g/mol. The predicted octanol–water partition coefficient (Wildman–Crippen LogP) is 4.15.